The van der Waals surface area contributed by atoms with E-state index in [4.69, 9.17) is 11.6 Å². The second kappa shape index (κ2) is 7.63. The summed E-state index contributed by atoms with van der Waals surface area (Å²) < 4.78 is 30.5. The summed E-state index contributed by atoms with van der Waals surface area (Å²) >= 11 is 6.00. The zero-order valence-corrected chi connectivity index (χ0v) is 17.0. The molecule has 0 saturated carbocycles. The van der Waals surface area contributed by atoms with Crippen LogP contribution in [0, 0.1) is 11.6 Å². The Balaban J connectivity index is 1.70. The standard InChI is InChI=1S/C24H16ClF2N3O/c25-17-5-1-16(2-6-17)13-30-21-10-9-19(27)11-20(21)22-23(30)24(31)29(14-28-22)12-15-3-7-18(26)8-4-15/h1-11,14H,12-13H2. The Morgan fingerprint density at radius 2 is 1.48 bits per heavy atom. The highest BCUT2D eigenvalue weighted by Gasteiger charge is 2.17. The highest BCUT2D eigenvalue weighted by molar-refractivity contribution is 6.30. The molecule has 0 amide bonds. The normalized spacial score (nSPS) is 11.5. The lowest BCUT2D eigenvalue weighted by molar-refractivity contribution is 0.626. The van der Waals surface area contributed by atoms with Crippen LogP contribution in [0.25, 0.3) is 21.9 Å². The number of benzene rings is 3. The molecule has 2 heterocycles. The third-order valence-electron chi connectivity index (χ3n) is 5.31. The fourth-order valence-corrected chi connectivity index (χ4v) is 3.93. The second-order valence-electron chi connectivity index (χ2n) is 7.38. The second-order valence-corrected chi connectivity index (χ2v) is 7.81. The average molecular weight is 436 g/mol. The molecule has 5 aromatic rings. The van der Waals surface area contributed by atoms with Crippen molar-refractivity contribution in [2.24, 2.45) is 0 Å². The van der Waals surface area contributed by atoms with Gasteiger partial charge in [0.1, 0.15) is 22.7 Å². The Morgan fingerprint density at radius 1 is 0.839 bits per heavy atom. The summed E-state index contributed by atoms with van der Waals surface area (Å²) in [5, 5.41) is 1.20. The van der Waals surface area contributed by atoms with Crippen LogP contribution in [0.5, 0.6) is 0 Å². The first-order valence-electron chi connectivity index (χ1n) is 9.65. The number of rotatable bonds is 4. The van der Waals surface area contributed by atoms with Crippen molar-refractivity contribution in [1.29, 1.82) is 0 Å². The summed E-state index contributed by atoms with van der Waals surface area (Å²) in [5.41, 5.74) is 3.02. The van der Waals surface area contributed by atoms with Gasteiger partial charge >= 0.3 is 0 Å². The SMILES string of the molecule is O=c1c2c(ncn1Cc1ccc(F)cc1)c1cc(F)ccc1n2Cc1ccc(Cl)cc1. The Bertz CT molecular complexity index is 1470. The maximum absolute atomic E-state index is 14.0. The maximum atomic E-state index is 14.0. The molecule has 0 N–H and O–H groups in total. The number of hydrogen-bond donors (Lipinski definition) is 0. The first-order valence-corrected chi connectivity index (χ1v) is 10.0. The molecule has 31 heavy (non-hydrogen) atoms. The zero-order valence-electron chi connectivity index (χ0n) is 16.2. The van der Waals surface area contributed by atoms with E-state index in [0.29, 0.717) is 28.0 Å². The molecule has 5 rings (SSSR count). The minimum atomic E-state index is -0.393. The quantitative estimate of drug-likeness (QED) is 0.380. The van der Waals surface area contributed by atoms with Gasteiger partial charge in [0.25, 0.3) is 5.56 Å². The van der Waals surface area contributed by atoms with Crippen LogP contribution in [0.2, 0.25) is 5.02 Å². The lowest BCUT2D eigenvalue weighted by atomic mass is 10.2. The van der Waals surface area contributed by atoms with Gasteiger partial charge in [0.15, 0.2) is 0 Å². The van der Waals surface area contributed by atoms with Gasteiger partial charge in [-0.3, -0.25) is 9.36 Å². The molecule has 2 aromatic heterocycles. The van der Waals surface area contributed by atoms with Gasteiger partial charge in [-0.05, 0) is 53.6 Å². The summed E-state index contributed by atoms with van der Waals surface area (Å²) in [4.78, 5) is 17.9. The van der Waals surface area contributed by atoms with Crippen molar-refractivity contribution in [3.05, 3.63) is 111 Å². The molecule has 0 radical (unpaired) electrons. The summed E-state index contributed by atoms with van der Waals surface area (Å²) in [6, 6.07) is 17.7. The van der Waals surface area contributed by atoms with E-state index in [1.807, 2.05) is 16.7 Å². The van der Waals surface area contributed by atoms with Crippen LogP contribution < -0.4 is 5.56 Å². The molecular weight excluding hydrogens is 420 g/mol. The van der Waals surface area contributed by atoms with Gasteiger partial charge < -0.3 is 4.57 Å². The molecule has 0 bridgehead atoms. The summed E-state index contributed by atoms with van der Waals surface area (Å²) in [6.45, 7) is 0.652. The lowest BCUT2D eigenvalue weighted by Crippen LogP contribution is -2.23. The topological polar surface area (TPSA) is 39.8 Å². The molecule has 0 spiro atoms. The fraction of sp³-hybridized carbons (Fsp3) is 0.0833. The highest BCUT2D eigenvalue weighted by Crippen LogP contribution is 2.27. The first kappa shape index (κ1) is 19.5. The number of nitrogens with zero attached hydrogens (tertiary/aromatic N) is 3. The smallest absolute Gasteiger partial charge is 0.278 e. The van der Waals surface area contributed by atoms with E-state index in [2.05, 4.69) is 4.98 Å². The van der Waals surface area contributed by atoms with Crippen LogP contribution >= 0.6 is 11.6 Å². The number of aromatic nitrogens is 3. The minimum Gasteiger partial charge on any atom is -0.330 e. The van der Waals surface area contributed by atoms with Crippen molar-refractivity contribution < 1.29 is 8.78 Å². The van der Waals surface area contributed by atoms with E-state index in [9.17, 15) is 13.6 Å². The third-order valence-corrected chi connectivity index (χ3v) is 5.56. The molecule has 4 nitrogen and oxygen atoms in total. The Hall–Kier alpha value is -3.51. The van der Waals surface area contributed by atoms with Crippen molar-refractivity contribution >= 4 is 33.5 Å². The lowest BCUT2D eigenvalue weighted by Gasteiger charge is -2.10. The molecule has 0 atom stereocenters. The number of hydrogen-bond acceptors (Lipinski definition) is 2. The molecule has 0 aliphatic rings. The van der Waals surface area contributed by atoms with Crippen molar-refractivity contribution in [1.82, 2.24) is 14.1 Å². The van der Waals surface area contributed by atoms with Crippen LogP contribution in [0.15, 0.2) is 77.9 Å². The molecule has 3 aromatic carbocycles. The Labute approximate surface area is 181 Å². The van der Waals surface area contributed by atoms with E-state index in [1.54, 1.807) is 30.3 Å². The fourth-order valence-electron chi connectivity index (χ4n) is 3.81. The van der Waals surface area contributed by atoms with E-state index >= 15 is 0 Å². The van der Waals surface area contributed by atoms with Crippen LogP contribution in [-0.2, 0) is 13.1 Å². The van der Waals surface area contributed by atoms with E-state index in [-0.39, 0.29) is 17.9 Å². The first-order chi connectivity index (χ1) is 15.0. The molecule has 7 heteroatoms. The zero-order chi connectivity index (χ0) is 21.5. The molecule has 0 unspecified atom stereocenters. The largest absolute Gasteiger partial charge is 0.330 e. The van der Waals surface area contributed by atoms with E-state index in [1.165, 1.54) is 35.2 Å². The van der Waals surface area contributed by atoms with E-state index < -0.39 is 5.82 Å². The van der Waals surface area contributed by atoms with Crippen molar-refractivity contribution in [2.45, 2.75) is 13.1 Å². The van der Waals surface area contributed by atoms with Gasteiger partial charge in [0.2, 0.25) is 0 Å². The Morgan fingerprint density at radius 3 is 2.23 bits per heavy atom. The number of halogens is 3. The molecular formula is C24H16ClF2N3O. The molecule has 0 saturated heterocycles. The molecule has 0 fully saturated rings. The summed E-state index contributed by atoms with van der Waals surface area (Å²) in [6.07, 6.45) is 1.45. The van der Waals surface area contributed by atoms with Gasteiger partial charge in [-0.15, -0.1) is 0 Å². The monoisotopic (exact) mass is 435 g/mol. The van der Waals surface area contributed by atoms with Crippen LogP contribution in [-0.4, -0.2) is 14.1 Å². The van der Waals surface area contributed by atoms with Gasteiger partial charge in [0.05, 0.1) is 18.4 Å². The van der Waals surface area contributed by atoms with Crippen LogP contribution in [0.4, 0.5) is 8.78 Å². The van der Waals surface area contributed by atoms with E-state index in [0.717, 1.165) is 16.6 Å². The molecule has 0 aliphatic heterocycles. The predicted molar refractivity (Wildman–Crippen MR) is 118 cm³/mol. The van der Waals surface area contributed by atoms with Crippen LogP contribution in [0.1, 0.15) is 11.1 Å². The Kier molecular flexibility index (Phi) is 4.79. The van der Waals surface area contributed by atoms with Crippen molar-refractivity contribution in [3.8, 4) is 0 Å². The highest BCUT2D eigenvalue weighted by atomic mass is 35.5. The number of fused-ring (bicyclic) bond motifs is 3. The van der Waals surface area contributed by atoms with Gasteiger partial charge in [-0.1, -0.05) is 35.9 Å². The van der Waals surface area contributed by atoms with Crippen molar-refractivity contribution in [3.63, 3.8) is 0 Å². The molecule has 0 aliphatic carbocycles. The average Bonchev–Trinajstić information content (AvgIpc) is 3.06. The summed E-state index contributed by atoms with van der Waals surface area (Å²) in [5.74, 6) is -0.731. The minimum absolute atomic E-state index is 0.249. The van der Waals surface area contributed by atoms with Gasteiger partial charge in [0, 0.05) is 17.0 Å². The van der Waals surface area contributed by atoms with Gasteiger partial charge in [-0.25, -0.2) is 13.8 Å². The molecule has 154 valence electrons. The maximum Gasteiger partial charge on any atom is 0.278 e. The van der Waals surface area contributed by atoms with Gasteiger partial charge in [-0.2, -0.15) is 0 Å². The van der Waals surface area contributed by atoms with Crippen LogP contribution in [0.3, 0.4) is 0 Å². The van der Waals surface area contributed by atoms with Crippen molar-refractivity contribution in [2.75, 3.05) is 0 Å². The predicted octanol–water partition coefficient (Wildman–Crippen LogP) is 5.38. The third kappa shape index (κ3) is 3.59. The summed E-state index contributed by atoms with van der Waals surface area (Å²) in [7, 11) is 0.